The van der Waals surface area contributed by atoms with Gasteiger partial charge >= 0.3 is 6.09 Å². The van der Waals surface area contributed by atoms with Gasteiger partial charge in [-0.3, -0.25) is 0 Å². The molecule has 1 unspecified atom stereocenters. The van der Waals surface area contributed by atoms with Crippen molar-refractivity contribution in [1.82, 2.24) is 5.32 Å². The zero-order chi connectivity index (χ0) is 25.3. The maximum atomic E-state index is 15.4. The fourth-order valence-corrected chi connectivity index (χ4v) is 4.51. The van der Waals surface area contributed by atoms with Crippen molar-refractivity contribution < 1.29 is 28.1 Å². The Kier molecular flexibility index (Phi) is 5.98. The molecule has 0 saturated carbocycles. The molecule has 7 heteroatoms. The summed E-state index contributed by atoms with van der Waals surface area (Å²) in [4.78, 5) is 12.2. The second-order valence-electron chi connectivity index (χ2n) is 8.20. The van der Waals surface area contributed by atoms with Gasteiger partial charge in [0.1, 0.15) is 5.82 Å². The molecule has 0 aromatic heterocycles. The van der Waals surface area contributed by atoms with Crippen LogP contribution in [0.2, 0.25) is 0 Å². The summed E-state index contributed by atoms with van der Waals surface area (Å²) in [7, 11) is 4.56. The number of hydrogen-bond donors (Lipinski definition) is 1. The van der Waals surface area contributed by atoms with Gasteiger partial charge < -0.3 is 24.3 Å². The molecule has 4 aromatic rings. The average Bonchev–Trinajstić information content (AvgIpc) is 2.92. The number of halogens is 1. The summed E-state index contributed by atoms with van der Waals surface area (Å²) in [6, 6.07) is 21.1. The Morgan fingerprint density at radius 3 is 2.42 bits per heavy atom. The summed E-state index contributed by atoms with van der Waals surface area (Å²) in [5.41, 5.74) is 0.227. The molecule has 1 heterocycles. The van der Waals surface area contributed by atoms with Gasteiger partial charge in [-0.2, -0.15) is 0 Å². The molecule has 5 rings (SSSR count). The molecule has 0 aliphatic carbocycles. The Bertz CT molecular complexity index is 1500. The zero-order valence-corrected chi connectivity index (χ0v) is 20.0. The van der Waals surface area contributed by atoms with E-state index >= 15 is 4.39 Å². The number of nitrogens with one attached hydrogen (secondary N) is 1. The fourth-order valence-electron chi connectivity index (χ4n) is 4.51. The first kappa shape index (κ1) is 23.2. The maximum Gasteiger partial charge on any atom is 0.412 e. The van der Waals surface area contributed by atoms with Crippen molar-refractivity contribution in [2.45, 2.75) is 5.60 Å². The minimum atomic E-state index is -1.39. The van der Waals surface area contributed by atoms with Crippen LogP contribution in [0, 0.1) is 5.82 Å². The van der Waals surface area contributed by atoms with Gasteiger partial charge in [0, 0.05) is 23.7 Å². The number of fused-ring (bicyclic) bond motifs is 3. The van der Waals surface area contributed by atoms with E-state index in [1.165, 1.54) is 20.2 Å². The van der Waals surface area contributed by atoms with Gasteiger partial charge in [-0.25, -0.2) is 9.18 Å². The summed E-state index contributed by atoms with van der Waals surface area (Å²) >= 11 is 0. The van der Waals surface area contributed by atoms with Crippen LogP contribution in [0.3, 0.4) is 0 Å². The van der Waals surface area contributed by atoms with Crippen LogP contribution in [0.25, 0.3) is 16.8 Å². The maximum absolute atomic E-state index is 15.4. The van der Waals surface area contributed by atoms with E-state index in [4.69, 9.17) is 18.9 Å². The average molecular weight is 486 g/mol. The van der Waals surface area contributed by atoms with E-state index < -0.39 is 17.5 Å². The molecule has 1 N–H and O–H groups in total. The molecule has 1 atom stereocenters. The number of amides is 1. The minimum absolute atomic E-state index is 0.216. The van der Waals surface area contributed by atoms with E-state index in [9.17, 15) is 4.79 Å². The van der Waals surface area contributed by atoms with Gasteiger partial charge in [0.2, 0.25) is 0 Å². The highest BCUT2D eigenvalue weighted by Crippen LogP contribution is 2.50. The van der Waals surface area contributed by atoms with Crippen molar-refractivity contribution in [3.05, 3.63) is 101 Å². The Labute approximate surface area is 207 Å². The van der Waals surface area contributed by atoms with Crippen LogP contribution in [0.5, 0.6) is 23.0 Å². The SMILES string of the molecule is CNC(=O)Oc1cc2ccccc2c2c1OC(c1ccc(OC)c(OC)c1)(c1ccccc1F)C=C2. The molecule has 0 saturated heterocycles. The quantitative estimate of drug-likeness (QED) is 0.372. The molecule has 36 heavy (non-hydrogen) atoms. The van der Waals surface area contributed by atoms with Gasteiger partial charge in [-0.15, -0.1) is 0 Å². The number of ether oxygens (including phenoxy) is 4. The standard InChI is InChI=1S/C29H24FNO5/c1-31-28(32)35-26-16-18-8-4-5-9-20(18)21-14-15-29(36-27(21)26,22-10-6-7-11-23(22)30)19-12-13-24(33-2)25(17-19)34-3/h4-17H,1-3H3,(H,31,32). The van der Waals surface area contributed by atoms with E-state index in [1.54, 1.807) is 49.6 Å². The molecule has 1 aliphatic rings. The molecular weight excluding hydrogens is 461 g/mol. The number of carbonyl (C=O) groups excluding carboxylic acids is 1. The summed E-state index contributed by atoms with van der Waals surface area (Å²) in [6.45, 7) is 0. The highest BCUT2D eigenvalue weighted by Gasteiger charge is 2.41. The van der Waals surface area contributed by atoms with Crippen molar-refractivity contribution in [3.63, 3.8) is 0 Å². The monoisotopic (exact) mass is 485 g/mol. The molecule has 0 radical (unpaired) electrons. The van der Waals surface area contributed by atoms with Crippen LogP contribution >= 0.6 is 0 Å². The van der Waals surface area contributed by atoms with Crippen molar-refractivity contribution in [1.29, 1.82) is 0 Å². The molecule has 4 aromatic carbocycles. The molecule has 0 fully saturated rings. The van der Waals surface area contributed by atoms with Gasteiger partial charge in [-0.05, 0) is 47.2 Å². The van der Waals surface area contributed by atoms with Gasteiger partial charge in [0.05, 0.1) is 14.2 Å². The Balaban J connectivity index is 1.79. The Morgan fingerprint density at radius 2 is 1.67 bits per heavy atom. The number of rotatable bonds is 5. The third-order valence-corrected chi connectivity index (χ3v) is 6.25. The summed E-state index contributed by atoms with van der Waals surface area (Å²) in [5.74, 6) is 1.08. The molecule has 0 bridgehead atoms. The van der Waals surface area contributed by atoms with Crippen LogP contribution in [-0.2, 0) is 5.60 Å². The molecule has 1 amide bonds. The van der Waals surface area contributed by atoms with Crippen molar-refractivity contribution in [2.75, 3.05) is 21.3 Å². The van der Waals surface area contributed by atoms with Crippen molar-refractivity contribution in [2.24, 2.45) is 0 Å². The minimum Gasteiger partial charge on any atom is -0.493 e. The summed E-state index contributed by atoms with van der Waals surface area (Å²) in [6.07, 6.45) is 3.04. The Morgan fingerprint density at radius 1 is 0.917 bits per heavy atom. The van der Waals surface area contributed by atoms with Crippen LogP contribution in [0.1, 0.15) is 16.7 Å². The highest BCUT2D eigenvalue weighted by molar-refractivity contribution is 5.96. The predicted octanol–water partition coefficient (Wildman–Crippen LogP) is 6.06. The van der Waals surface area contributed by atoms with E-state index in [1.807, 2.05) is 36.4 Å². The smallest absolute Gasteiger partial charge is 0.412 e. The highest BCUT2D eigenvalue weighted by atomic mass is 19.1. The van der Waals surface area contributed by atoms with Crippen LogP contribution in [-0.4, -0.2) is 27.4 Å². The van der Waals surface area contributed by atoms with Crippen molar-refractivity contribution >= 4 is 22.9 Å². The molecular formula is C29H24FNO5. The normalized spacial score (nSPS) is 16.1. The van der Waals surface area contributed by atoms with Gasteiger partial charge in [0.25, 0.3) is 0 Å². The predicted molar refractivity (Wildman–Crippen MR) is 135 cm³/mol. The lowest BCUT2D eigenvalue weighted by Gasteiger charge is -2.37. The largest absolute Gasteiger partial charge is 0.493 e. The van der Waals surface area contributed by atoms with Crippen molar-refractivity contribution in [3.8, 4) is 23.0 Å². The molecule has 0 spiro atoms. The lowest BCUT2D eigenvalue weighted by atomic mass is 9.82. The second kappa shape index (κ2) is 9.26. The second-order valence-corrected chi connectivity index (χ2v) is 8.20. The molecule has 182 valence electrons. The third kappa shape index (κ3) is 3.79. The lowest BCUT2D eigenvalue weighted by Crippen LogP contribution is -2.36. The first-order valence-electron chi connectivity index (χ1n) is 11.3. The number of benzene rings is 4. The summed E-state index contributed by atoms with van der Waals surface area (Å²) in [5, 5.41) is 4.24. The van der Waals surface area contributed by atoms with E-state index in [0.717, 1.165) is 16.3 Å². The Hall–Kier alpha value is -4.52. The zero-order valence-electron chi connectivity index (χ0n) is 20.0. The van der Waals surface area contributed by atoms with E-state index in [2.05, 4.69) is 5.32 Å². The lowest BCUT2D eigenvalue weighted by molar-refractivity contribution is 0.147. The fraction of sp³-hybridized carbons (Fsp3) is 0.138. The molecule has 1 aliphatic heterocycles. The van der Waals surface area contributed by atoms with Gasteiger partial charge in [0.15, 0.2) is 28.6 Å². The topological polar surface area (TPSA) is 66.0 Å². The third-order valence-electron chi connectivity index (χ3n) is 6.25. The number of carbonyl (C=O) groups is 1. The molecule has 6 nitrogen and oxygen atoms in total. The van der Waals surface area contributed by atoms with Crippen LogP contribution in [0.15, 0.2) is 78.9 Å². The summed E-state index contributed by atoms with van der Waals surface area (Å²) < 4.78 is 38.6. The van der Waals surface area contributed by atoms with Gasteiger partial charge in [-0.1, -0.05) is 48.5 Å². The first-order valence-corrected chi connectivity index (χ1v) is 11.3. The number of hydrogen-bond acceptors (Lipinski definition) is 5. The van der Waals surface area contributed by atoms with E-state index in [-0.39, 0.29) is 11.3 Å². The van der Waals surface area contributed by atoms with E-state index in [0.29, 0.717) is 22.8 Å². The van der Waals surface area contributed by atoms with Crippen LogP contribution in [0.4, 0.5) is 9.18 Å². The number of methoxy groups -OCH3 is 2. The van der Waals surface area contributed by atoms with Crippen LogP contribution < -0.4 is 24.3 Å². The first-order chi connectivity index (χ1) is 17.5.